The van der Waals surface area contributed by atoms with Gasteiger partial charge in [0.1, 0.15) is 18.1 Å². The number of nitrogens with one attached hydrogen (secondary N) is 4. The molecule has 0 bridgehead atoms. The summed E-state index contributed by atoms with van der Waals surface area (Å²) >= 11 is 0. The lowest BCUT2D eigenvalue weighted by molar-refractivity contribution is -0.384. The van der Waals surface area contributed by atoms with Gasteiger partial charge < -0.3 is 32.7 Å². The molecule has 0 aliphatic heterocycles. The number of non-ortho nitro benzene ring substituents is 1. The summed E-state index contributed by atoms with van der Waals surface area (Å²) in [5.41, 5.74) is 11.0. The van der Waals surface area contributed by atoms with Crippen LogP contribution in [0.1, 0.15) is 70.7 Å². The normalized spacial score (nSPS) is 14.0. The second kappa shape index (κ2) is 16.3. The Kier molecular flexibility index (Phi) is 13.9. The maximum Gasteiger partial charge on any atom is 0.270 e. The van der Waals surface area contributed by atoms with Crippen LogP contribution < -0.4 is 32.7 Å². The van der Waals surface area contributed by atoms with Crippen molar-refractivity contribution in [3.63, 3.8) is 0 Å². The molecule has 218 valence electrons. The molecule has 0 aliphatic carbocycles. The number of primary amides is 1. The third-order valence-corrected chi connectivity index (χ3v) is 6.31. The Bertz CT molecular complexity index is 1020. The lowest BCUT2D eigenvalue weighted by Gasteiger charge is -2.27. The van der Waals surface area contributed by atoms with Gasteiger partial charge in [0.25, 0.3) is 11.6 Å². The number of carbonyl (C=O) groups excluding carboxylic acids is 4. The van der Waals surface area contributed by atoms with Crippen LogP contribution in [0.15, 0.2) is 18.2 Å². The van der Waals surface area contributed by atoms with Crippen LogP contribution in [-0.2, 0) is 14.4 Å². The SMILES string of the molecule is CCC(C)C(NC(=O)c1cc([N+](=O)[O-])ccc1NCC(C)C)C(=O)NC(CCCCN)C(=O)NC(C)C(N)=O. The molecule has 0 saturated carbocycles. The maximum absolute atomic E-state index is 13.4. The van der Waals surface area contributed by atoms with E-state index in [0.29, 0.717) is 38.0 Å². The quantitative estimate of drug-likeness (QED) is 0.0947. The standard InChI is InChI=1S/C26H43N7O6/c1-6-16(4)22(26(37)31-21(9-7-8-12-27)25(36)30-17(5)23(28)34)32-24(35)19-13-18(33(38)39)10-11-20(19)29-14-15(2)3/h10-11,13,15-17,21-22,29H,6-9,12,14,27H2,1-5H3,(H2,28,34)(H,30,36)(H,31,37)(H,32,35). The molecule has 0 spiro atoms. The highest BCUT2D eigenvalue weighted by molar-refractivity contribution is 6.03. The van der Waals surface area contributed by atoms with E-state index in [2.05, 4.69) is 21.3 Å². The molecule has 39 heavy (non-hydrogen) atoms. The van der Waals surface area contributed by atoms with Crippen molar-refractivity contribution in [2.75, 3.05) is 18.4 Å². The van der Waals surface area contributed by atoms with Gasteiger partial charge in [-0.05, 0) is 50.6 Å². The molecule has 0 aliphatic rings. The fraction of sp³-hybridized carbons (Fsp3) is 0.615. The fourth-order valence-corrected chi connectivity index (χ4v) is 3.63. The Balaban J connectivity index is 3.24. The molecular formula is C26H43N7O6. The Morgan fingerprint density at radius 1 is 1.00 bits per heavy atom. The van der Waals surface area contributed by atoms with Gasteiger partial charge in [-0.25, -0.2) is 0 Å². The highest BCUT2D eigenvalue weighted by atomic mass is 16.6. The molecule has 1 rings (SSSR count). The first kappa shape index (κ1) is 33.3. The first-order valence-corrected chi connectivity index (χ1v) is 13.3. The van der Waals surface area contributed by atoms with Gasteiger partial charge in [-0.2, -0.15) is 0 Å². The molecule has 1 aromatic carbocycles. The van der Waals surface area contributed by atoms with Gasteiger partial charge >= 0.3 is 0 Å². The fourth-order valence-electron chi connectivity index (χ4n) is 3.63. The molecule has 0 radical (unpaired) electrons. The first-order valence-electron chi connectivity index (χ1n) is 13.3. The summed E-state index contributed by atoms with van der Waals surface area (Å²) in [6, 6.07) is 0.954. The average Bonchev–Trinajstić information content (AvgIpc) is 2.88. The number of nitro benzene ring substituents is 1. The zero-order valence-corrected chi connectivity index (χ0v) is 23.4. The molecule has 0 aromatic heterocycles. The first-order chi connectivity index (χ1) is 18.3. The number of hydrogen-bond acceptors (Lipinski definition) is 8. The minimum Gasteiger partial charge on any atom is -0.384 e. The molecule has 0 fully saturated rings. The Morgan fingerprint density at radius 2 is 1.67 bits per heavy atom. The van der Waals surface area contributed by atoms with Crippen molar-refractivity contribution in [3.05, 3.63) is 33.9 Å². The van der Waals surface area contributed by atoms with E-state index in [0.717, 1.165) is 6.07 Å². The topological polar surface area (TPSA) is 212 Å². The molecule has 4 amide bonds. The lowest BCUT2D eigenvalue weighted by Crippen LogP contribution is -2.57. The molecule has 4 unspecified atom stereocenters. The van der Waals surface area contributed by atoms with Crippen LogP contribution in [-0.4, -0.2) is 59.8 Å². The number of unbranched alkanes of at least 4 members (excludes halogenated alkanes) is 1. The Labute approximate surface area is 229 Å². The molecule has 13 nitrogen and oxygen atoms in total. The molecule has 8 N–H and O–H groups in total. The maximum atomic E-state index is 13.4. The number of nitrogens with two attached hydrogens (primary N) is 2. The van der Waals surface area contributed by atoms with E-state index in [1.54, 1.807) is 6.92 Å². The summed E-state index contributed by atoms with van der Waals surface area (Å²) in [4.78, 5) is 61.8. The summed E-state index contributed by atoms with van der Waals surface area (Å²) < 4.78 is 0. The number of nitro groups is 1. The van der Waals surface area contributed by atoms with Gasteiger partial charge in [-0.3, -0.25) is 29.3 Å². The Morgan fingerprint density at radius 3 is 2.21 bits per heavy atom. The number of benzene rings is 1. The number of amides is 4. The number of nitrogens with zero attached hydrogens (tertiary/aromatic N) is 1. The Hall–Kier alpha value is -3.74. The molecule has 13 heteroatoms. The summed E-state index contributed by atoms with van der Waals surface area (Å²) in [6.07, 6.45) is 1.94. The summed E-state index contributed by atoms with van der Waals surface area (Å²) in [5.74, 6) is -2.67. The van der Waals surface area contributed by atoms with E-state index in [1.165, 1.54) is 19.1 Å². The van der Waals surface area contributed by atoms with Gasteiger partial charge in [0.2, 0.25) is 17.7 Å². The van der Waals surface area contributed by atoms with E-state index in [9.17, 15) is 29.3 Å². The number of anilines is 1. The summed E-state index contributed by atoms with van der Waals surface area (Å²) in [5, 5.41) is 22.4. The van der Waals surface area contributed by atoms with Crippen molar-refractivity contribution >= 4 is 35.0 Å². The third-order valence-electron chi connectivity index (χ3n) is 6.31. The second-order valence-electron chi connectivity index (χ2n) is 10.1. The number of rotatable bonds is 17. The monoisotopic (exact) mass is 549 g/mol. The van der Waals surface area contributed by atoms with Crippen molar-refractivity contribution in [2.45, 2.75) is 78.4 Å². The van der Waals surface area contributed by atoms with Crippen LogP contribution in [0, 0.1) is 22.0 Å². The smallest absolute Gasteiger partial charge is 0.270 e. The van der Waals surface area contributed by atoms with Crippen LogP contribution in [0.25, 0.3) is 0 Å². The van der Waals surface area contributed by atoms with Crippen molar-refractivity contribution in [2.24, 2.45) is 23.3 Å². The molecule has 0 heterocycles. The molecule has 0 saturated heterocycles. The van der Waals surface area contributed by atoms with Gasteiger partial charge in [-0.15, -0.1) is 0 Å². The van der Waals surface area contributed by atoms with E-state index >= 15 is 0 Å². The number of carbonyl (C=O) groups is 4. The number of hydrogen-bond donors (Lipinski definition) is 6. The van der Waals surface area contributed by atoms with Crippen molar-refractivity contribution in [1.82, 2.24) is 16.0 Å². The van der Waals surface area contributed by atoms with Crippen LogP contribution in [0.5, 0.6) is 0 Å². The van der Waals surface area contributed by atoms with Gasteiger partial charge in [0, 0.05) is 24.4 Å². The highest BCUT2D eigenvalue weighted by Gasteiger charge is 2.31. The van der Waals surface area contributed by atoms with Gasteiger partial charge in [-0.1, -0.05) is 34.1 Å². The van der Waals surface area contributed by atoms with Crippen molar-refractivity contribution in [3.8, 4) is 0 Å². The predicted molar refractivity (Wildman–Crippen MR) is 149 cm³/mol. The largest absolute Gasteiger partial charge is 0.384 e. The highest BCUT2D eigenvalue weighted by Crippen LogP contribution is 2.23. The van der Waals surface area contributed by atoms with Crippen molar-refractivity contribution < 1.29 is 24.1 Å². The van der Waals surface area contributed by atoms with Crippen molar-refractivity contribution in [1.29, 1.82) is 0 Å². The van der Waals surface area contributed by atoms with E-state index in [1.807, 2.05) is 20.8 Å². The molecule has 1 aromatic rings. The van der Waals surface area contributed by atoms with E-state index in [4.69, 9.17) is 11.5 Å². The zero-order chi connectivity index (χ0) is 29.7. The van der Waals surface area contributed by atoms with Crippen LogP contribution in [0.4, 0.5) is 11.4 Å². The van der Waals surface area contributed by atoms with Gasteiger partial charge in [0.15, 0.2) is 0 Å². The second-order valence-corrected chi connectivity index (χ2v) is 10.1. The third kappa shape index (κ3) is 10.9. The van der Waals surface area contributed by atoms with Crippen LogP contribution in [0.3, 0.4) is 0 Å². The molecular weight excluding hydrogens is 506 g/mol. The average molecular weight is 550 g/mol. The summed E-state index contributed by atoms with van der Waals surface area (Å²) in [7, 11) is 0. The molecule has 4 atom stereocenters. The van der Waals surface area contributed by atoms with E-state index in [-0.39, 0.29) is 29.5 Å². The minimum absolute atomic E-state index is 0.0264. The van der Waals surface area contributed by atoms with Gasteiger partial charge in [0.05, 0.1) is 10.5 Å². The zero-order valence-electron chi connectivity index (χ0n) is 23.4. The van der Waals surface area contributed by atoms with E-state index < -0.39 is 46.7 Å². The summed E-state index contributed by atoms with van der Waals surface area (Å²) in [6.45, 7) is 9.94. The lowest BCUT2D eigenvalue weighted by atomic mass is 9.96. The van der Waals surface area contributed by atoms with Crippen LogP contribution in [0.2, 0.25) is 0 Å². The van der Waals surface area contributed by atoms with Crippen LogP contribution >= 0.6 is 0 Å². The predicted octanol–water partition coefficient (Wildman–Crippen LogP) is 1.41. The minimum atomic E-state index is -1.04.